The molecule has 0 unspecified atom stereocenters. The molecule has 1 aliphatic carbocycles. The normalized spacial score (nSPS) is 14.5. The highest BCUT2D eigenvalue weighted by molar-refractivity contribution is 5.99. The fourth-order valence-corrected chi connectivity index (χ4v) is 5.32. The van der Waals surface area contributed by atoms with Crippen LogP contribution in [0.25, 0.3) is 16.6 Å². The van der Waals surface area contributed by atoms with Crippen molar-refractivity contribution in [1.29, 1.82) is 0 Å². The minimum absolute atomic E-state index is 0.0338. The van der Waals surface area contributed by atoms with Crippen molar-refractivity contribution in [3.63, 3.8) is 0 Å². The lowest BCUT2D eigenvalue weighted by Gasteiger charge is -2.16. The summed E-state index contributed by atoms with van der Waals surface area (Å²) in [7, 11) is 0. The third kappa shape index (κ3) is 4.11. The van der Waals surface area contributed by atoms with Crippen LogP contribution in [0.2, 0.25) is 0 Å². The SMILES string of the molecule is CC(=O)c1ccc2c(c1C)CC[C@@H]2NC(=O)c1cc(C(=O)NCc2ccc3[nH]ccc3c2)nc2ccnn12. The molecule has 9 heteroatoms. The first-order valence-electron chi connectivity index (χ1n) is 12.5. The molecular weight excluding hydrogens is 480 g/mol. The fraction of sp³-hybridized carbons (Fsp3) is 0.207. The Bertz CT molecular complexity index is 1750. The fourth-order valence-electron chi connectivity index (χ4n) is 5.32. The van der Waals surface area contributed by atoms with E-state index in [0.717, 1.165) is 46.0 Å². The van der Waals surface area contributed by atoms with Crippen molar-refractivity contribution in [2.75, 3.05) is 0 Å². The number of benzene rings is 2. The summed E-state index contributed by atoms with van der Waals surface area (Å²) in [5.74, 6) is -0.693. The summed E-state index contributed by atoms with van der Waals surface area (Å²) in [4.78, 5) is 46.0. The Labute approximate surface area is 218 Å². The molecular formula is C29H26N6O3. The van der Waals surface area contributed by atoms with Crippen molar-refractivity contribution in [2.24, 2.45) is 0 Å². The second-order valence-electron chi connectivity index (χ2n) is 9.64. The molecule has 1 aliphatic rings. The van der Waals surface area contributed by atoms with Crippen molar-refractivity contribution in [1.82, 2.24) is 30.2 Å². The second-order valence-corrected chi connectivity index (χ2v) is 9.64. The molecule has 6 rings (SSSR count). The molecule has 5 aromatic rings. The molecule has 0 fully saturated rings. The summed E-state index contributed by atoms with van der Waals surface area (Å²) in [5.41, 5.74) is 6.57. The third-order valence-electron chi connectivity index (χ3n) is 7.27. The van der Waals surface area contributed by atoms with Gasteiger partial charge in [0.05, 0.1) is 12.2 Å². The number of carbonyl (C=O) groups excluding carboxylic acids is 3. The van der Waals surface area contributed by atoms with Crippen LogP contribution in [0.4, 0.5) is 0 Å². The van der Waals surface area contributed by atoms with Gasteiger partial charge in [-0.3, -0.25) is 14.4 Å². The van der Waals surface area contributed by atoms with E-state index < -0.39 is 0 Å². The lowest BCUT2D eigenvalue weighted by molar-refractivity contribution is 0.0927. The molecule has 3 heterocycles. The van der Waals surface area contributed by atoms with Gasteiger partial charge in [-0.1, -0.05) is 18.2 Å². The van der Waals surface area contributed by atoms with Crippen LogP contribution in [0.5, 0.6) is 0 Å². The van der Waals surface area contributed by atoms with E-state index in [1.165, 1.54) is 10.6 Å². The average molecular weight is 507 g/mol. The number of Topliss-reactive ketones (excluding diaryl/α,β-unsaturated/α-hetero) is 1. The molecule has 38 heavy (non-hydrogen) atoms. The predicted molar refractivity (Wildman–Crippen MR) is 142 cm³/mol. The van der Waals surface area contributed by atoms with Crippen molar-refractivity contribution in [2.45, 2.75) is 39.3 Å². The highest BCUT2D eigenvalue weighted by atomic mass is 16.2. The van der Waals surface area contributed by atoms with E-state index >= 15 is 0 Å². The summed E-state index contributed by atoms with van der Waals surface area (Å²) in [6.45, 7) is 3.85. The smallest absolute Gasteiger partial charge is 0.270 e. The van der Waals surface area contributed by atoms with E-state index in [2.05, 4.69) is 25.7 Å². The number of rotatable bonds is 6. The Kier molecular flexibility index (Phi) is 5.75. The first kappa shape index (κ1) is 23.6. The molecule has 1 atom stereocenters. The topological polar surface area (TPSA) is 121 Å². The summed E-state index contributed by atoms with van der Waals surface area (Å²) in [6, 6.07) is 14.6. The largest absolute Gasteiger partial charge is 0.361 e. The standard InChI is InChI=1S/C29H26N6O3/c1-16-20(17(2)36)4-5-22-21(16)6-8-24(22)34-29(38)26-14-25(33-27-10-12-32-35(26)27)28(37)31-15-18-3-7-23-19(13-18)9-11-30-23/h3-5,7,9-14,24,30H,6,8,15H2,1-2H3,(H,31,37)(H,34,38)/t24-/m0/s1. The average Bonchev–Trinajstić information content (AvgIpc) is 3.66. The Morgan fingerprint density at radius 2 is 1.95 bits per heavy atom. The van der Waals surface area contributed by atoms with Crippen molar-refractivity contribution >= 4 is 34.1 Å². The number of nitrogens with zero attached hydrogens (tertiary/aromatic N) is 3. The maximum atomic E-state index is 13.4. The number of nitrogens with one attached hydrogen (secondary N) is 3. The maximum Gasteiger partial charge on any atom is 0.270 e. The van der Waals surface area contributed by atoms with E-state index in [-0.39, 0.29) is 35.0 Å². The Balaban J connectivity index is 1.23. The Morgan fingerprint density at radius 3 is 2.79 bits per heavy atom. The van der Waals surface area contributed by atoms with Crippen LogP contribution in [0.15, 0.2) is 60.9 Å². The molecule has 9 nitrogen and oxygen atoms in total. The van der Waals surface area contributed by atoms with Crippen LogP contribution >= 0.6 is 0 Å². The zero-order valence-electron chi connectivity index (χ0n) is 21.0. The Hall–Kier alpha value is -4.79. The summed E-state index contributed by atoms with van der Waals surface area (Å²) in [6.07, 6.45) is 4.93. The quantitative estimate of drug-likeness (QED) is 0.300. The third-order valence-corrected chi connectivity index (χ3v) is 7.27. The highest BCUT2D eigenvalue weighted by Gasteiger charge is 2.28. The van der Waals surface area contributed by atoms with Gasteiger partial charge in [0.15, 0.2) is 11.4 Å². The van der Waals surface area contributed by atoms with Crippen LogP contribution in [0.1, 0.15) is 73.0 Å². The zero-order valence-corrected chi connectivity index (χ0v) is 21.0. The highest BCUT2D eigenvalue weighted by Crippen LogP contribution is 2.35. The van der Waals surface area contributed by atoms with Crippen LogP contribution in [-0.2, 0) is 13.0 Å². The predicted octanol–water partition coefficient (Wildman–Crippen LogP) is 4.07. The van der Waals surface area contributed by atoms with Crippen molar-refractivity contribution < 1.29 is 14.4 Å². The van der Waals surface area contributed by atoms with Gasteiger partial charge in [0.25, 0.3) is 11.8 Å². The molecule has 190 valence electrons. The van der Waals surface area contributed by atoms with Gasteiger partial charge in [-0.2, -0.15) is 5.10 Å². The van der Waals surface area contributed by atoms with Gasteiger partial charge in [0, 0.05) is 36.0 Å². The molecule has 2 aromatic carbocycles. The molecule has 0 spiro atoms. The van der Waals surface area contributed by atoms with Crippen LogP contribution in [0, 0.1) is 6.92 Å². The lowest BCUT2D eigenvalue weighted by atomic mass is 9.96. The number of fused-ring (bicyclic) bond motifs is 3. The van der Waals surface area contributed by atoms with E-state index in [1.807, 2.05) is 49.5 Å². The van der Waals surface area contributed by atoms with E-state index in [1.54, 1.807) is 19.2 Å². The van der Waals surface area contributed by atoms with Gasteiger partial charge in [-0.15, -0.1) is 0 Å². The molecule has 0 saturated heterocycles. The van der Waals surface area contributed by atoms with E-state index in [4.69, 9.17) is 0 Å². The number of hydrogen-bond donors (Lipinski definition) is 3. The van der Waals surface area contributed by atoms with Gasteiger partial charge in [0.2, 0.25) is 0 Å². The van der Waals surface area contributed by atoms with Gasteiger partial charge in [-0.05, 0) is 72.5 Å². The van der Waals surface area contributed by atoms with E-state index in [9.17, 15) is 14.4 Å². The second kappa shape index (κ2) is 9.26. The Morgan fingerprint density at radius 1 is 1.08 bits per heavy atom. The number of carbonyl (C=O) groups is 3. The number of amides is 2. The molecule has 0 radical (unpaired) electrons. The minimum atomic E-state index is -0.379. The zero-order chi connectivity index (χ0) is 26.4. The van der Waals surface area contributed by atoms with E-state index in [0.29, 0.717) is 17.8 Å². The summed E-state index contributed by atoms with van der Waals surface area (Å²) >= 11 is 0. The van der Waals surface area contributed by atoms with Crippen LogP contribution < -0.4 is 10.6 Å². The number of hydrogen-bond acceptors (Lipinski definition) is 5. The molecule has 0 bridgehead atoms. The number of ketones is 1. The van der Waals surface area contributed by atoms with Gasteiger partial charge >= 0.3 is 0 Å². The summed E-state index contributed by atoms with van der Waals surface area (Å²) in [5, 5.41) is 11.3. The summed E-state index contributed by atoms with van der Waals surface area (Å²) < 4.78 is 1.44. The molecule has 3 aromatic heterocycles. The number of aromatic nitrogens is 4. The maximum absolute atomic E-state index is 13.4. The van der Waals surface area contributed by atoms with Crippen molar-refractivity contribution in [3.05, 3.63) is 100 Å². The monoisotopic (exact) mass is 506 g/mol. The minimum Gasteiger partial charge on any atom is -0.361 e. The molecule has 0 aliphatic heterocycles. The molecule has 0 saturated carbocycles. The van der Waals surface area contributed by atoms with Gasteiger partial charge < -0.3 is 15.6 Å². The first-order valence-corrected chi connectivity index (χ1v) is 12.5. The molecule has 2 amide bonds. The lowest BCUT2D eigenvalue weighted by Crippen LogP contribution is -2.30. The van der Waals surface area contributed by atoms with Crippen LogP contribution in [0.3, 0.4) is 0 Å². The number of aromatic amines is 1. The van der Waals surface area contributed by atoms with Crippen LogP contribution in [-0.4, -0.2) is 37.2 Å². The van der Waals surface area contributed by atoms with Gasteiger partial charge in [-0.25, -0.2) is 9.50 Å². The van der Waals surface area contributed by atoms with Crippen molar-refractivity contribution in [3.8, 4) is 0 Å². The molecule has 3 N–H and O–H groups in total. The number of H-pyrrole nitrogens is 1. The first-order chi connectivity index (χ1) is 18.4. The van der Waals surface area contributed by atoms with Gasteiger partial charge in [0.1, 0.15) is 11.4 Å².